The first-order valence-corrected chi connectivity index (χ1v) is 9.33. The summed E-state index contributed by atoms with van der Waals surface area (Å²) in [5.41, 5.74) is 0.687. The van der Waals surface area contributed by atoms with Gasteiger partial charge in [0.2, 0.25) is 0 Å². The number of thiophene rings is 1. The Balaban J connectivity index is 1.52. The van der Waals surface area contributed by atoms with Gasteiger partial charge in [-0.3, -0.25) is 9.59 Å². The van der Waals surface area contributed by atoms with Gasteiger partial charge >= 0.3 is 0 Å². The zero-order chi connectivity index (χ0) is 16.9. The topological polar surface area (TPSA) is 64.6 Å². The lowest BCUT2D eigenvalue weighted by Crippen LogP contribution is -2.27. The summed E-state index contributed by atoms with van der Waals surface area (Å²) in [7, 11) is 1.59. The van der Waals surface area contributed by atoms with E-state index in [0.29, 0.717) is 41.5 Å². The lowest BCUT2D eigenvalue weighted by atomic mass is 10.1. The second-order valence-corrected chi connectivity index (χ2v) is 7.50. The average molecular weight is 363 g/mol. The van der Waals surface area contributed by atoms with E-state index in [4.69, 9.17) is 9.47 Å². The standard InChI is InChI=1S/C17H17NO4S2/c1-21-13-4-2-3-5-14(13)22-8-7-18-16(20)15-10-11-12(19)6-9-23-17(11)24-15/h2-5,10H,6-9H2,1H3,(H,18,20). The molecule has 2 aromatic rings. The quantitative estimate of drug-likeness (QED) is 0.798. The highest BCUT2D eigenvalue weighted by Crippen LogP contribution is 2.37. The summed E-state index contributed by atoms with van der Waals surface area (Å²) < 4.78 is 11.8. The largest absolute Gasteiger partial charge is 0.493 e. The molecule has 0 bridgehead atoms. The van der Waals surface area contributed by atoms with Crippen molar-refractivity contribution < 1.29 is 19.1 Å². The molecule has 3 rings (SSSR count). The van der Waals surface area contributed by atoms with Crippen molar-refractivity contribution in [3.8, 4) is 11.5 Å². The van der Waals surface area contributed by atoms with Crippen molar-refractivity contribution in [2.75, 3.05) is 26.0 Å². The van der Waals surface area contributed by atoms with Gasteiger partial charge in [-0.1, -0.05) is 12.1 Å². The predicted octanol–water partition coefficient (Wildman–Crippen LogP) is 3.24. The van der Waals surface area contributed by atoms with Gasteiger partial charge < -0.3 is 14.8 Å². The van der Waals surface area contributed by atoms with Crippen LogP contribution in [0.15, 0.2) is 34.5 Å². The van der Waals surface area contributed by atoms with Crippen LogP contribution in [0, 0.1) is 0 Å². The van der Waals surface area contributed by atoms with Crippen molar-refractivity contribution in [1.82, 2.24) is 5.32 Å². The smallest absolute Gasteiger partial charge is 0.261 e. The molecular formula is C17H17NO4S2. The lowest BCUT2D eigenvalue weighted by molar-refractivity contribution is 0.0950. The summed E-state index contributed by atoms with van der Waals surface area (Å²) in [4.78, 5) is 24.6. The summed E-state index contributed by atoms with van der Waals surface area (Å²) in [5, 5.41) is 2.82. The van der Waals surface area contributed by atoms with Crippen LogP contribution in [0.25, 0.3) is 0 Å². The Morgan fingerprint density at radius 1 is 1.29 bits per heavy atom. The maximum absolute atomic E-state index is 12.2. The van der Waals surface area contributed by atoms with Crippen LogP contribution in [0.1, 0.15) is 26.5 Å². The summed E-state index contributed by atoms with van der Waals surface area (Å²) in [6, 6.07) is 9.06. The molecule has 5 nitrogen and oxygen atoms in total. The van der Waals surface area contributed by atoms with Gasteiger partial charge in [0.15, 0.2) is 17.3 Å². The number of fused-ring (bicyclic) bond motifs is 1. The van der Waals surface area contributed by atoms with Gasteiger partial charge in [-0.25, -0.2) is 0 Å². The van der Waals surface area contributed by atoms with Crippen LogP contribution in [-0.4, -0.2) is 37.7 Å². The summed E-state index contributed by atoms with van der Waals surface area (Å²) in [5.74, 6) is 2.04. The number of nitrogens with one attached hydrogen (secondary N) is 1. The van der Waals surface area contributed by atoms with E-state index in [9.17, 15) is 9.59 Å². The average Bonchev–Trinajstić information content (AvgIpc) is 3.04. The highest BCUT2D eigenvalue weighted by atomic mass is 32.2. The van der Waals surface area contributed by atoms with Crippen LogP contribution in [0.5, 0.6) is 11.5 Å². The fourth-order valence-corrected chi connectivity index (χ4v) is 4.69. The second kappa shape index (κ2) is 7.72. The van der Waals surface area contributed by atoms with Gasteiger partial charge in [0.05, 0.1) is 22.7 Å². The van der Waals surface area contributed by atoms with E-state index in [1.54, 1.807) is 24.9 Å². The van der Waals surface area contributed by atoms with Crippen LogP contribution in [0.2, 0.25) is 0 Å². The van der Waals surface area contributed by atoms with E-state index in [-0.39, 0.29) is 11.7 Å². The van der Waals surface area contributed by atoms with Gasteiger partial charge in [0, 0.05) is 17.7 Å². The molecule has 0 saturated carbocycles. The molecule has 0 spiro atoms. The maximum atomic E-state index is 12.2. The summed E-state index contributed by atoms with van der Waals surface area (Å²) in [6.45, 7) is 0.714. The summed E-state index contributed by atoms with van der Waals surface area (Å²) >= 11 is 3.02. The van der Waals surface area contributed by atoms with E-state index in [1.165, 1.54) is 11.3 Å². The van der Waals surface area contributed by atoms with E-state index in [1.807, 2.05) is 24.3 Å². The van der Waals surface area contributed by atoms with Gasteiger partial charge in [-0.2, -0.15) is 0 Å². The molecule has 1 aliphatic rings. The summed E-state index contributed by atoms with van der Waals surface area (Å²) in [6.07, 6.45) is 0.544. The van der Waals surface area contributed by atoms with Crippen LogP contribution in [0.3, 0.4) is 0 Å². The first kappa shape index (κ1) is 16.9. The number of amides is 1. The minimum Gasteiger partial charge on any atom is -0.493 e. The first-order chi connectivity index (χ1) is 11.7. The van der Waals surface area contributed by atoms with Crippen molar-refractivity contribution in [2.45, 2.75) is 10.6 Å². The number of thioether (sulfide) groups is 1. The van der Waals surface area contributed by atoms with Crippen LogP contribution in [0.4, 0.5) is 0 Å². The Kier molecular flexibility index (Phi) is 5.42. The molecule has 0 unspecified atom stereocenters. The number of carbonyl (C=O) groups excluding carboxylic acids is 2. The molecule has 1 aromatic heterocycles. The molecule has 2 heterocycles. The van der Waals surface area contributed by atoms with Crippen LogP contribution >= 0.6 is 23.1 Å². The van der Waals surface area contributed by atoms with E-state index >= 15 is 0 Å². The molecule has 126 valence electrons. The zero-order valence-corrected chi connectivity index (χ0v) is 14.8. The number of Topliss-reactive ketones (excluding diaryl/α,β-unsaturated/α-hetero) is 1. The Hall–Kier alpha value is -1.99. The minimum atomic E-state index is -0.175. The molecule has 0 atom stereocenters. The Morgan fingerprint density at radius 2 is 2.08 bits per heavy atom. The molecule has 7 heteroatoms. The van der Waals surface area contributed by atoms with Crippen molar-refractivity contribution in [1.29, 1.82) is 0 Å². The zero-order valence-electron chi connectivity index (χ0n) is 13.2. The predicted molar refractivity (Wildman–Crippen MR) is 94.8 cm³/mol. The highest BCUT2D eigenvalue weighted by molar-refractivity contribution is 8.01. The third kappa shape index (κ3) is 3.73. The Bertz CT molecular complexity index is 757. The number of rotatable bonds is 6. The number of ketones is 1. The lowest BCUT2D eigenvalue weighted by Gasteiger charge is -2.10. The van der Waals surface area contributed by atoms with Crippen molar-refractivity contribution in [2.24, 2.45) is 0 Å². The normalized spacial score (nSPS) is 13.3. The third-order valence-electron chi connectivity index (χ3n) is 3.50. The molecule has 0 saturated heterocycles. The number of ether oxygens (including phenoxy) is 2. The molecule has 0 aliphatic carbocycles. The third-order valence-corrected chi connectivity index (χ3v) is 5.92. The molecule has 1 aliphatic heterocycles. The number of carbonyl (C=O) groups is 2. The number of hydrogen-bond acceptors (Lipinski definition) is 6. The molecule has 1 aromatic carbocycles. The fourth-order valence-electron chi connectivity index (χ4n) is 2.31. The van der Waals surface area contributed by atoms with Crippen molar-refractivity contribution >= 4 is 34.8 Å². The molecular weight excluding hydrogens is 346 g/mol. The van der Waals surface area contributed by atoms with Crippen molar-refractivity contribution in [3.05, 3.63) is 40.8 Å². The monoisotopic (exact) mass is 363 g/mol. The second-order valence-electron chi connectivity index (χ2n) is 5.09. The SMILES string of the molecule is COc1ccccc1OCCNC(=O)c1cc2c(s1)SCCC2=O. The van der Waals surface area contributed by atoms with E-state index in [2.05, 4.69) is 5.32 Å². The first-order valence-electron chi connectivity index (χ1n) is 7.53. The van der Waals surface area contributed by atoms with E-state index < -0.39 is 0 Å². The number of hydrogen-bond donors (Lipinski definition) is 1. The Labute approximate surface area is 148 Å². The van der Waals surface area contributed by atoms with Crippen LogP contribution < -0.4 is 14.8 Å². The number of methoxy groups -OCH3 is 1. The van der Waals surface area contributed by atoms with Gasteiger partial charge in [-0.05, 0) is 18.2 Å². The molecule has 1 N–H and O–H groups in total. The number of para-hydroxylation sites is 2. The van der Waals surface area contributed by atoms with Crippen molar-refractivity contribution in [3.63, 3.8) is 0 Å². The van der Waals surface area contributed by atoms with Gasteiger partial charge in [0.25, 0.3) is 5.91 Å². The van der Waals surface area contributed by atoms with Crippen LogP contribution in [-0.2, 0) is 0 Å². The maximum Gasteiger partial charge on any atom is 0.261 e. The van der Waals surface area contributed by atoms with E-state index in [0.717, 1.165) is 9.96 Å². The fraction of sp³-hybridized carbons (Fsp3) is 0.294. The highest BCUT2D eigenvalue weighted by Gasteiger charge is 2.23. The minimum absolute atomic E-state index is 0.124. The van der Waals surface area contributed by atoms with Gasteiger partial charge in [0.1, 0.15) is 6.61 Å². The molecule has 0 fully saturated rings. The number of benzene rings is 1. The van der Waals surface area contributed by atoms with Gasteiger partial charge in [-0.15, -0.1) is 23.1 Å². The molecule has 0 radical (unpaired) electrons. The Morgan fingerprint density at radius 3 is 2.83 bits per heavy atom. The molecule has 24 heavy (non-hydrogen) atoms. The molecule has 1 amide bonds.